The Kier molecular flexibility index (Phi) is 4.45. The minimum absolute atomic E-state index is 0.0417. The first-order chi connectivity index (χ1) is 13.8. The second-order valence-electron chi connectivity index (χ2n) is 7.10. The zero-order chi connectivity index (χ0) is 20.9. The van der Waals surface area contributed by atoms with Crippen LogP contribution in [0.2, 0.25) is 0 Å². The zero-order valence-electron chi connectivity index (χ0n) is 16.5. The van der Waals surface area contributed by atoms with Crippen LogP contribution in [0.1, 0.15) is 25.5 Å². The Morgan fingerprint density at radius 3 is 2.59 bits per heavy atom. The highest BCUT2D eigenvalue weighted by Gasteiger charge is 2.30. The van der Waals surface area contributed by atoms with Crippen molar-refractivity contribution in [2.24, 2.45) is 12.1 Å². The third-order valence-corrected chi connectivity index (χ3v) is 5.21. The molecule has 1 aromatic carbocycles. The SMILES string of the molecule is C=CCN1N=C(C)C(C)n2c1nc1c2c(=O)n(Cc2ccc(F)cc2)c(=O)n1C. The lowest BCUT2D eigenvalue weighted by Crippen LogP contribution is -2.40. The Labute approximate surface area is 165 Å². The summed E-state index contributed by atoms with van der Waals surface area (Å²) in [5.41, 5.74) is 1.18. The molecule has 1 aliphatic rings. The molecule has 9 heteroatoms. The number of halogens is 1. The van der Waals surface area contributed by atoms with Crippen LogP contribution < -0.4 is 16.3 Å². The normalized spacial score (nSPS) is 16.1. The summed E-state index contributed by atoms with van der Waals surface area (Å²) in [5, 5.41) is 6.20. The fourth-order valence-corrected chi connectivity index (χ4v) is 3.54. The average Bonchev–Trinajstić information content (AvgIpc) is 3.10. The number of nitrogens with zero attached hydrogens (tertiary/aromatic N) is 6. The van der Waals surface area contributed by atoms with Gasteiger partial charge in [0.05, 0.1) is 24.8 Å². The van der Waals surface area contributed by atoms with Gasteiger partial charge in [-0.2, -0.15) is 10.1 Å². The van der Waals surface area contributed by atoms with Crippen molar-refractivity contribution >= 4 is 22.8 Å². The van der Waals surface area contributed by atoms with Gasteiger partial charge in [-0.25, -0.2) is 14.2 Å². The zero-order valence-corrected chi connectivity index (χ0v) is 16.5. The number of fused-ring (bicyclic) bond motifs is 3. The van der Waals surface area contributed by atoms with Gasteiger partial charge in [-0.15, -0.1) is 6.58 Å². The maximum Gasteiger partial charge on any atom is 0.332 e. The first-order valence-corrected chi connectivity index (χ1v) is 9.23. The summed E-state index contributed by atoms with van der Waals surface area (Å²) in [7, 11) is 1.58. The summed E-state index contributed by atoms with van der Waals surface area (Å²) in [6.07, 6.45) is 1.70. The lowest BCUT2D eigenvalue weighted by molar-refractivity contribution is 0.621. The molecular formula is C20H21FN6O2. The molecule has 0 saturated heterocycles. The summed E-state index contributed by atoms with van der Waals surface area (Å²) >= 11 is 0. The highest BCUT2D eigenvalue weighted by Crippen LogP contribution is 2.29. The van der Waals surface area contributed by atoms with E-state index in [-0.39, 0.29) is 18.4 Å². The molecule has 0 amide bonds. The average molecular weight is 396 g/mol. The van der Waals surface area contributed by atoms with Gasteiger partial charge in [0.2, 0.25) is 5.95 Å². The fourth-order valence-electron chi connectivity index (χ4n) is 3.54. The number of anilines is 1. The van der Waals surface area contributed by atoms with Crippen LogP contribution in [0.15, 0.2) is 51.6 Å². The van der Waals surface area contributed by atoms with E-state index in [0.29, 0.717) is 29.2 Å². The lowest BCUT2D eigenvalue weighted by Gasteiger charge is -2.28. The minimum atomic E-state index is -0.483. The van der Waals surface area contributed by atoms with Gasteiger partial charge in [-0.05, 0) is 31.5 Å². The maximum absolute atomic E-state index is 13.4. The molecule has 0 spiro atoms. The quantitative estimate of drug-likeness (QED) is 0.633. The minimum Gasteiger partial charge on any atom is -0.294 e. The van der Waals surface area contributed by atoms with Crippen molar-refractivity contribution < 1.29 is 4.39 Å². The molecule has 29 heavy (non-hydrogen) atoms. The third-order valence-electron chi connectivity index (χ3n) is 5.21. The summed E-state index contributed by atoms with van der Waals surface area (Å²) in [6.45, 7) is 8.03. The van der Waals surface area contributed by atoms with Gasteiger partial charge in [0.1, 0.15) is 5.82 Å². The van der Waals surface area contributed by atoms with Crippen LogP contribution in [-0.2, 0) is 13.6 Å². The molecule has 0 fully saturated rings. The van der Waals surface area contributed by atoms with Gasteiger partial charge in [0, 0.05) is 7.05 Å². The van der Waals surface area contributed by atoms with E-state index in [0.717, 1.165) is 10.3 Å². The van der Waals surface area contributed by atoms with Crippen LogP contribution in [0.4, 0.5) is 10.3 Å². The molecule has 150 valence electrons. The molecule has 3 aromatic rings. The summed E-state index contributed by atoms with van der Waals surface area (Å²) in [6, 6.07) is 5.53. The molecule has 0 saturated carbocycles. The third kappa shape index (κ3) is 2.89. The molecule has 4 rings (SSSR count). The smallest absolute Gasteiger partial charge is 0.294 e. The Hall–Kier alpha value is -3.49. The number of hydrogen-bond acceptors (Lipinski definition) is 5. The van der Waals surface area contributed by atoms with Gasteiger partial charge >= 0.3 is 5.69 Å². The van der Waals surface area contributed by atoms with Crippen molar-refractivity contribution in [1.29, 1.82) is 0 Å². The van der Waals surface area contributed by atoms with Crippen molar-refractivity contribution in [3.8, 4) is 0 Å². The highest BCUT2D eigenvalue weighted by atomic mass is 19.1. The van der Waals surface area contributed by atoms with Crippen molar-refractivity contribution in [2.75, 3.05) is 11.6 Å². The van der Waals surface area contributed by atoms with Crippen molar-refractivity contribution in [2.45, 2.75) is 26.4 Å². The molecule has 8 nitrogen and oxygen atoms in total. The van der Waals surface area contributed by atoms with Crippen LogP contribution in [0.5, 0.6) is 0 Å². The van der Waals surface area contributed by atoms with Crippen LogP contribution in [0, 0.1) is 5.82 Å². The molecule has 1 aliphatic heterocycles. The molecular weight excluding hydrogens is 375 g/mol. The number of benzene rings is 1. The second-order valence-corrected chi connectivity index (χ2v) is 7.10. The van der Waals surface area contributed by atoms with Crippen molar-refractivity contribution in [1.82, 2.24) is 18.7 Å². The van der Waals surface area contributed by atoms with E-state index >= 15 is 0 Å². The number of aryl methyl sites for hydroxylation is 1. The highest BCUT2D eigenvalue weighted by molar-refractivity contribution is 5.91. The van der Waals surface area contributed by atoms with Gasteiger partial charge in [-0.1, -0.05) is 18.2 Å². The van der Waals surface area contributed by atoms with Gasteiger partial charge < -0.3 is 0 Å². The molecule has 2 aromatic heterocycles. The Balaban J connectivity index is 1.98. The molecule has 0 bridgehead atoms. The lowest BCUT2D eigenvalue weighted by atomic mass is 10.2. The van der Waals surface area contributed by atoms with E-state index < -0.39 is 11.2 Å². The maximum atomic E-state index is 13.4. The largest absolute Gasteiger partial charge is 0.332 e. The molecule has 0 radical (unpaired) electrons. The molecule has 3 heterocycles. The second kappa shape index (κ2) is 6.84. The number of rotatable bonds is 4. The predicted molar refractivity (Wildman–Crippen MR) is 110 cm³/mol. The first-order valence-electron chi connectivity index (χ1n) is 9.23. The molecule has 0 aliphatic carbocycles. The molecule has 1 atom stereocenters. The number of imidazole rings is 1. The monoisotopic (exact) mass is 396 g/mol. The Morgan fingerprint density at radius 2 is 1.93 bits per heavy atom. The van der Waals surface area contributed by atoms with Gasteiger partial charge in [-0.3, -0.25) is 18.5 Å². The molecule has 1 unspecified atom stereocenters. The van der Waals surface area contributed by atoms with Gasteiger partial charge in [0.25, 0.3) is 5.56 Å². The first kappa shape index (κ1) is 18.9. The van der Waals surface area contributed by atoms with E-state index in [9.17, 15) is 14.0 Å². The van der Waals surface area contributed by atoms with Crippen LogP contribution >= 0.6 is 0 Å². The molecule has 0 N–H and O–H groups in total. The van der Waals surface area contributed by atoms with Crippen molar-refractivity contribution in [3.05, 3.63) is 69.1 Å². The summed E-state index contributed by atoms with van der Waals surface area (Å²) in [4.78, 5) is 30.8. The fraction of sp³-hybridized carbons (Fsp3) is 0.300. The summed E-state index contributed by atoms with van der Waals surface area (Å²) < 4.78 is 17.5. The van der Waals surface area contributed by atoms with Crippen LogP contribution in [-0.4, -0.2) is 30.9 Å². The Bertz CT molecular complexity index is 1270. The summed E-state index contributed by atoms with van der Waals surface area (Å²) in [5.74, 6) is 0.116. The van der Waals surface area contributed by atoms with Crippen LogP contribution in [0.25, 0.3) is 11.2 Å². The van der Waals surface area contributed by atoms with E-state index in [1.165, 1.54) is 16.7 Å². The van der Waals surface area contributed by atoms with E-state index in [1.807, 2.05) is 18.4 Å². The van der Waals surface area contributed by atoms with Gasteiger partial charge in [0.15, 0.2) is 11.2 Å². The van der Waals surface area contributed by atoms with Crippen LogP contribution in [0.3, 0.4) is 0 Å². The number of hydrazone groups is 1. The Morgan fingerprint density at radius 1 is 1.24 bits per heavy atom. The predicted octanol–water partition coefficient (Wildman–Crippen LogP) is 2.03. The number of hydrogen-bond donors (Lipinski definition) is 0. The standard InChI is InChI=1S/C20H21FN6O2/c1-5-10-26-19-22-17-16(27(19)13(3)12(2)23-26)18(28)25(20(29)24(17)4)11-14-6-8-15(21)9-7-14/h5-9,13H,1,10-11H2,2-4H3. The van der Waals surface area contributed by atoms with Crippen molar-refractivity contribution in [3.63, 3.8) is 0 Å². The van der Waals surface area contributed by atoms with E-state index in [1.54, 1.807) is 30.3 Å². The topological polar surface area (TPSA) is 77.4 Å². The van der Waals surface area contributed by atoms with E-state index in [4.69, 9.17) is 0 Å². The van der Waals surface area contributed by atoms with E-state index in [2.05, 4.69) is 16.7 Å². The number of aromatic nitrogens is 4.